The second kappa shape index (κ2) is 7.00. The molecule has 3 aromatic carbocycles. The molecule has 0 amide bonds. The molecule has 0 bridgehead atoms. The summed E-state index contributed by atoms with van der Waals surface area (Å²) in [6, 6.07) is 22.7. The van der Waals surface area contributed by atoms with E-state index < -0.39 is 0 Å². The second-order valence-electron chi connectivity index (χ2n) is 9.06. The van der Waals surface area contributed by atoms with Crippen molar-refractivity contribution in [2.75, 3.05) is 38.3 Å². The molecule has 1 N–H and O–H groups in total. The van der Waals surface area contributed by atoms with Gasteiger partial charge in [0.1, 0.15) is 5.75 Å². The van der Waals surface area contributed by atoms with E-state index in [4.69, 9.17) is 4.74 Å². The lowest BCUT2D eigenvalue weighted by Gasteiger charge is -2.47. The third-order valence-corrected chi connectivity index (χ3v) is 7.63. The molecule has 0 radical (unpaired) electrons. The lowest BCUT2D eigenvalue weighted by atomic mass is 9.85. The zero-order valence-corrected chi connectivity index (χ0v) is 17.6. The number of piperidine rings is 1. The molecule has 154 valence electrons. The molecule has 1 atom stereocenters. The standard InChI is InChI=1S/C26H29N3O/c1-30-22-9-4-8-21(16-22)29-18-27-17-26(29)11-13-28(14-12-26)24-15-20-7-2-5-19-6-3-10-23(24)25(19)20/h2-10,16,24,27H,11-15,17-18H2,1H3. The molecule has 6 rings (SSSR count). The number of nitrogens with zero attached hydrogens (tertiary/aromatic N) is 2. The van der Waals surface area contributed by atoms with E-state index in [2.05, 4.69) is 69.7 Å². The molecule has 3 aliphatic rings. The van der Waals surface area contributed by atoms with Gasteiger partial charge in [0.2, 0.25) is 0 Å². The third kappa shape index (κ3) is 2.74. The molecular formula is C26H29N3O. The molecule has 0 saturated carbocycles. The van der Waals surface area contributed by atoms with Crippen molar-refractivity contribution < 1.29 is 4.74 Å². The van der Waals surface area contributed by atoms with Crippen LogP contribution in [0.3, 0.4) is 0 Å². The Hall–Kier alpha value is -2.56. The molecule has 2 heterocycles. The second-order valence-corrected chi connectivity index (χ2v) is 9.06. The molecule has 2 fully saturated rings. The molecule has 30 heavy (non-hydrogen) atoms. The summed E-state index contributed by atoms with van der Waals surface area (Å²) < 4.78 is 5.48. The first kappa shape index (κ1) is 18.2. The Balaban J connectivity index is 1.24. The number of anilines is 1. The van der Waals surface area contributed by atoms with Crippen LogP contribution in [0, 0.1) is 0 Å². The van der Waals surface area contributed by atoms with Gasteiger partial charge in [-0.1, -0.05) is 42.5 Å². The van der Waals surface area contributed by atoms with Crippen LogP contribution < -0.4 is 15.0 Å². The highest BCUT2D eigenvalue weighted by Crippen LogP contribution is 2.43. The predicted octanol–water partition coefficient (Wildman–Crippen LogP) is 4.35. The Bertz CT molecular complexity index is 1080. The summed E-state index contributed by atoms with van der Waals surface area (Å²) in [5.74, 6) is 0.934. The Kier molecular flexibility index (Phi) is 4.25. The fraction of sp³-hybridized carbons (Fsp3) is 0.385. The van der Waals surface area contributed by atoms with Crippen molar-refractivity contribution in [1.82, 2.24) is 10.2 Å². The highest BCUT2D eigenvalue weighted by molar-refractivity contribution is 5.91. The van der Waals surface area contributed by atoms with E-state index >= 15 is 0 Å². The minimum absolute atomic E-state index is 0.209. The topological polar surface area (TPSA) is 27.7 Å². The maximum Gasteiger partial charge on any atom is 0.120 e. The van der Waals surface area contributed by atoms with Crippen molar-refractivity contribution in [3.8, 4) is 5.75 Å². The van der Waals surface area contributed by atoms with Crippen molar-refractivity contribution in [2.45, 2.75) is 30.8 Å². The Morgan fingerprint density at radius 3 is 2.63 bits per heavy atom. The first-order chi connectivity index (χ1) is 14.8. The van der Waals surface area contributed by atoms with Gasteiger partial charge in [-0.05, 0) is 53.3 Å². The molecule has 1 unspecified atom stereocenters. The van der Waals surface area contributed by atoms with E-state index in [9.17, 15) is 0 Å². The van der Waals surface area contributed by atoms with E-state index in [0.29, 0.717) is 6.04 Å². The Morgan fingerprint density at radius 2 is 1.80 bits per heavy atom. The minimum atomic E-state index is 0.209. The van der Waals surface area contributed by atoms with Gasteiger partial charge in [0.05, 0.1) is 19.3 Å². The van der Waals surface area contributed by atoms with Crippen molar-refractivity contribution in [1.29, 1.82) is 0 Å². The van der Waals surface area contributed by atoms with Gasteiger partial charge >= 0.3 is 0 Å². The number of methoxy groups -OCH3 is 1. The molecule has 4 heteroatoms. The van der Waals surface area contributed by atoms with Crippen LogP contribution in [0.25, 0.3) is 10.8 Å². The third-order valence-electron chi connectivity index (χ3n) is 7.63. The van der Waals surface area contributed by atoms with Crippen LogP contribution in [0.15, 0.2) is 60.7 Å². The number of nitrogens with one attached hydrogen (secondary N) is 1. The van der Waals surface area contributed by atoms with E-state index in [0.717, 1.165) is 38.5 Å². The molecule has 4 nitrogen and oxygen atoms in total. The Labute approximate surface area is 178 Å². The molecule has 1 spiro atoms. The Morgan fingerprint density at radius 1 is 1.00 bits per heavy atom. The van der Waals surface area contributed by atoms with Crippen molar-refractivity contribution in [3.63, 3.8) is 0 Å². The summed E-state index contributed by atoms with van der Waals surface area (Å²) in [6.45, 7) is 4.29. The molecular weight excluding hydrogens is 370 g/mol. The first-order valence-electron chi connectivity index (χ1n) is 11.1. The van der Waals surface area contributed by atoms with E-state index in [1.165, 1.54) is 40.4 Å². The SMILES string of the molecule is COc1cccc(N2CNCC23CCN(C2Cc4cccc5cccc2c45)CC3)c1. The zero-order valence-electron chi connectivity index (χ0n) is 17.6. The van der Waals surface area contributed by atoms with Gasteiger partial charge < -0.3 is 9.64 Å². The fourth-order valence-electron chi connectivity index (χ4n) is 6.05. The molecule has 1 aliphatic carbocycles. The van der Waals surface area contributed by atoms with Crippen molar-refractivity contribution in [3.05, 3.63) is 71.8 Å². The van der Waals surface area contributed by atoms with Gasteiger partial charge in [0, 0.05) is 37.4 Å². The van der Waals surface area contributed by atoms with Crippen LogP contribution in [0.1, 0.15) is 30.0 Å². The molecule has 2 aliphatic heterocycles. The van der Waals surface area contributed by atoms with E-state index in [1.54, 1.807) is 7.11 Å². The van der Waals surface area contributed by atoms with Crippen molar-refractivity contribution >= 4 is 16.5 Å². The number of benzene rings is 3. The highest BCUT2D eigenvalue weighted by atomic mass is 16.5. The molecule has 2 saturated heterocycles. The minimum Gasteiger partial charge on any atom is -0.497 e. The largest absolute Gasteiger partial charge is 0.497 e. The quantitative estimate of drug-likeness (QED) is 0.709. The van der Waals surface area contributed by atoms with Gasteiger partial charge in [0.15, 0.2) is 0 Å². The van der Waals surface area contributed by atoms with Crippen LogP contribution in [-0.4, -0.2) is 43.9 Å². The lowest BCUT2D eigenvalue weighted by Crippen LogP contribution is -2.54. The number of hydrogen-bond donors (Lipinski definition) is 1. The molecule has 3 aromatic rings. The normalized spacial score (nSPS) is 22.8. The van der Waals surface area contributed by atoms with Gasteiger partial charge in [0.25, 0.3) is 0 Å². The van der Waals surface area contributed by atoms with Gasteiger partial charge in [-0.2, -0.15) is 0 Å². The van der Waals surface area contributed by atoms with Crippen molar-refractivity contribution in [2.24, 2.45) is 0 Å². The maximum atomic E-state index is 5.48. The summed E-state index contributed by atoms with van der Waals surface area (Å²) >= 11 is 0. The predicted molar refractivity (Wildman–Crippen MR) is 122 cm³/mol. The number of ether oxygens (including phenoxy) is 1. The number of likely N-dealkylation sites (tertiary alicyclic amines) is 1. The average molecular weight is 400 g/mol. The fourth-order valence-corrected chi connectivity index (χ4v) is 6.05. The number of hydrogen-bond acceptors (Lipinski definition) is 4. The van der Waals surface area contributed by atoms with Crippen LogP contribution >= 0.6 is 0 Å². The van der Waals surface area contributed by atoms with E-state index in [-0.39, 0.29) is 5.54 Å². The summed E-state index contributed by atoms with van der Waals surface area (Å²) in [5.41, 5.74) is 4.54. The first-order valence-corrected chi connectivity index (χ1v) is 11.1. The lowest BCUT2D eigenvalue weighted by molar-refractivity contribution is 0.124. The highest BCUT2D eigenvalue weighted by Gasteiger charge is 2.45. The van der Waals surface area contributed by atoms with Crippen LogP contribution in [0.2, 0.25) is 0 Å². The van der Waals surface area contributed by atoms with Crippen LogP contribution in [0.4, 0.5) is 5.69 Å². The smallest absolute Gasteiger partial charge is 0.120 e. The summed E-state index contributed by atoms with van der Waals surface area (Å²) in [5, 5.41) is 6.55. The van der Waals surface area contributed by atoms with Gasteiger partial charge in [-0.15, -0.1) is 0 Å². The van der Waals surface area contributed by atoms with E-state index in [1.807, 2.05) is 6.07 Å². The monoisotopic (exact) mass is 399 g/mol. The van der Waals surface area contributed by atoms with Gasteiger partial charge in [-0.3, -0.25) is 10.2 Å². The summed E-state index contributed by atoms with van der Waals surface area (Å²) in [6.07, 6.45) is 3.54. The van der Waals surface area contributed by atoms with Crippen LogP contribution in [0.5, 0.6) is 5.75 Å². The zero-order chi connectivity index (χ0) is 20.1. The summed E-state index contributed by atoms with van der Waals surface area (Å²) in [4.78, 5) is 5.32. The maximum absolute atomic E-state index is 5.48. The van der Waals surface area contributed by atoms with Crippen LogP contribution in [-0.2, 0) is 6.42 Å². The molecule has 0 aromatic heterocycles. The summed E-state index contributed by atoms with van der Waals surface area (Å²) in [7, 11) is 1.75. The number of rotatable bonds is 3. The average Bonchev–Trinajstić information content (AvgIpc) is 3.38. The van der Waals surface area contributed by atoms with Gasteiger partial charge in [-0.25, -0.2) is 0 Å².